The van der Waals surface area contributed by atoms with E-state index in [0.717, 1.165) is 11.1 Å². The van der Waals surface area contributed by atoms with E-state index >= 15 is 0 Å². The van der Waals surface area contributed by atoms with Crippen LogP contribution in [0.15, 0.2) is 71.8 Å². The molecule has 202 valence electrons. The van der Waals surface area contributed by atoms with Crippen LogP contribution in [0, 0.1) is 17.1 Å². The number of hydrogen-bond donors (Lipinski definition) is 2. The molecule has 0 amide bonds. The highest BCUT2D eigenvalue weighted by Crippen LogP contribution is 2.22. The zero-order valence-corrected chi connectivity index (χ0v) is 21.5. The van der Waals surface area contributed by atoms with E-state index in [1.165, 1.54) is 38.6 Å². The maximum Gasteiger partial charge on any atom is 0.339 e. The van der Waals surface area contributed by atoms with E-state index < -0.39 is 11.8 Å². The third-order valence-electron chi connectivity index (χ3n) is 5.72. The second kappa shape index (κ2) is 13.7. The molecule has 11 heteroatoms. The fourth-order valence-corrected chi connectivity index (χ4v) is 3.75. The Hall–Kier alpha value is -4.79. The van der Waals surface area contributed by atoms with Crippen LogP contribution in [0.5, 0.6) is 5.75 Å². The van der Waals surface area contributed by atoms with Crippen molar-refractivity contribution in [3.63, 3.8) is 0 Å². The Labute approximate surface area is 224 Å². The summed E-state index contributed by atoms with van der Waals surface area (Å²) in [6, 6.07) is 17.6. The van der Waals surface area contributed by atoms with Crippen LogP contribution in [-0.2, 0) is 31.0 Å². The molecule has 4 aromatic rings. The molecule has 39 heavy (non-hydrogen) atoms. The van der Waals surface area contributed by atoms with Gasteiger partial charge in [0.2, 0.25) is 0 Å². The highest BCUT2D eigenvalue weighted by Gasteiger charge is 2.15. The normalized spacial score (nSPS) is 10.3. The minimum atomic E-state index is -1.02. The SMILES string of the molecule is COCc1nn(Cc2ccc(Cn3ccccc3=O)cc2)cc1C(=O)O.COc1ccc(C#N)c(CN)c1F. The molecule has 0 aliphatic heterocycles. The number of carboxylic acids is 1. The summed E-state index contributed by atoms with van der Waals surface area (Å²) in [5.74, 6) is -1.46. The molecule has 4 rings (SSSR count). The quantitative estimate of drug-likeness (QED) is 0.334. The number of methoxy groups -OCH3 is 2. The number of aromatic nitrogens is 3. The Morgan fingerprint density at radius 1 is 1.10 bits per heavy atom. The van der Waals surface area contributed by atoms with Gasteiger partial charge in [-0.2, -0.15) is 10.4 Å². The van der Waals surface area contributed by atoms with E-state index in [2.05, 4.69) is 5.10 Å². The molecule has 0 aliphatic carbocycles. The molecule has 0 aliphatic rings. The van der Waals surface area contributed by atoms with Crippen LogP contribution in [0.2, 0.25) is 0 Å². The predicted molar refractivity (Wildman–Crippen MR) is 141 cm³/mol. The maximum absolute atomic E-state index is 13.4. The van der Waals surface area contributed by atoms with Crippen molar-refractivity contribution in [1.82, 2.24) is 14.3 Å². The highest BCUT2D eigenvalue weighted by molar-refractivity contribution is 5.88. The van der Waals surface area contributed by atoms with Gasteiger partial charge < -0.3 is 24.9 Å². The molecule has 2 heterocycles. The first kappa shape index (κ1) is 28.8. The largest absolute Gasteiger partial charge is 0.494 e. The molecule has 2 aromatic carbocycles. The molecule has 0 atom stereocenters. The van der Waals surface area contributed by atoms with Gasteiger partial charge in [-0.1, -0.05) is 30.3 Å². The Bertz CT molecular complexity index is 1520. The van der Waals surface area contributed by atoms with Crippen molar-refractivity contribution in [1.29, 1.82) is 5.26 Å². The average molecular weight is 534 g/mol. The molecular formula is C28H28FN5O5. The highest BCUT2D eigenvalue weighted by atomic mass is 19.1. The van der Waals surface area contributed by atoms with Crippen LogP contribution in [0.3, 0.4) is 0 Å². The van der Waals surface area contributed by atoms with Gasteiger partial charge in [0, 0.05) is 37.7 Å². The summed E-state index contributed by atoms with van der Waals surface area (Å²) in [7, 11) is 2.87. The van der Waals surface area contributed by atoms with E-state index in [4.69, 9.17) is 20.5 Å². The lowest BCUT2D eigenvalue weighted by Crippen LogP contribution is -2.18. The Kier molecular flexibility index (Phi) is 10.1. The van der Waals surface area contributed by atoms with Gasteiger partial charge in [0.05, 0.1) is 38.4 Å². The molecule has 3 N–H and O–H groups in total. The lowest BCUT2D eigenvalue weighted by atomic mass is 10.1. The van der Waals surface area contributed by atoms with E-state index in [9.17, 15) is 19.1 Å². The minimum absolute atomic E-state index is 0.00801. The summed E-state index contributed by atoms with van der Waals surface area (Å²) in [5.41, 5.74) is 8.25. The van der Waals surface area contributed by atoms with Crippen LogP contribution in [0.1, 0.15) is 38.3 Å². The van der Waals surface area contributed by atoms with Gasteiger partial charge >= 0.3 is 5.97 Å². The number of aromatic carboxylic acids is 1. The first-order valence-corrected chi connectivity index (χ1v) is 11.8. The Balaban J connectivity index is 0.000000272. The topological polar surface area (TPSA) is 145 Å². The number of ether oxygens (including phenoxy) is 2. The van der Waals surface area contributed by atoms with Gasteiger partial charge in [0.1, 0.15) is 11.3 Å². The van der Waals surface area contributed by atoms with E-state index in [-0.39, 0.29) is 41.2 Å². The van der Waals surface area contributed by atoms with Crippen molar-refractivity contribution >= 4 is 5.97 Å². The number of nitrogens with two attached hydrogens (primary N) is 1. The predicted octanol–water partition coefficient (Wildman–Crippen LogP) is 3.15. The molecule has 10 nitrogen and oxygen atoms in total. The third kappa shape index (κ3) is 7.38. The van der Waals surface area contributed by atoms with E-state index in [1.807, 2.05) is 36.4 Å². The van der Waals surface area contributed by atoms with Crippen molar-refractivity contribution in [2.45, 2.75) is 26.2 Å². The smallest absolute Gasteiger partial charge is 0.339 e. The number of benzene rings is 2. The summed E-state index contributed by atoms with van der Waals surface area (Å²) in [6.07, 6.45) is 3.26. The number of rotatable bonds is 9. The monoisotopic (exact) mass is 533 g/mol. The summed E-state index contributed by atoms with van der Waals surface area (Å²) >= 11 is 0. The molecule has 0 saturated heterocycles. The van der Waals surface area contributed by atoms with Crippen LogP contribution in [0.4, 0.5) is 4.39 Å². The van der Waals surface area contributed by atoms with Crippen LogP contribution in [0.25, 0.3) is 0 Å². The zero-order valence-electron chi connectivity index (χ0n) is 21.5. The fraction of sp³-hybridized carbons (Fsp3) is 0.214. The first-order valence-electron chi connectivity index (χ1n) is 11.8. The second-order valence-electron chi connectivity index (χ2n) is 8.33. The number of pyridine rings is 1. The van der Waals surface area contributed by atoms with Crippen LogP contribution in [-0.4, -0.2) is 39.6 Å². The molecule has 0 fully saturated rings. The second-order valence-corrected chi connectivity index (χ2v) is 8.33. The van der Waals surface area contributed by atoms with Crippen molar-refractivity contribution in [2.24, 2.45) is 5.73 Å². The molecule has 0 spiro atoms. The number of carboxylic acid groups (broad SMARTS) is 1. The van der Waals surface area contributed by atoms with Crippen molar-refractivity contribution in [3.8, 4) is 11.8 Å². The number of nitriles is 1. The maximum atomic E-state index is 13.4. The zero-order chi connectivity index (χ0) is 28.4. The Morgan fingerprint density at radius 3 is 2.36 bits per heavy atom. The molecule has 0 saturated carbocycles. The summed E-state index contributed by atoms with van der Waals surface area (Å²) < 4.78 is 26.3. The third-order valence-corrected chi connectivity index (χ3v) is 5.72. The number of nitrogens with zero attached hydrogens (tertiary/aromatic N) is 4. The summed E-state index contributed by atoms with van der Waals surface area (Å²) in [5, 5.41) is 22.1. The van der Waals surface area contributed by atoms with Gasteiger partial charge in [-0.05, 0) is 29.3 Å². The molecule has 2 aromatic heterocycles. The lowest BCUT2D eigenvalue weighted by molar-refractivity contribution is 0.0691. The standard InChI is InChI=1S/C19H19N3O4.C9H9FN2O/c1-26-13-17-16(19(24)25)12-22(20-17)11-15-7-5-14(6-8-15)10-21-9-3-2-4-18(21)23;1-13-8-3-2-6(4-11)7(5-12)9(8)10/h2-9,12H,10-11,13H2,1H3,(H,24,25);2-3H,5,12H2,1H3. The van der Waals surface area contributed by atoms with Crippen molar-refractivity contribution < 1.29 is 23.8 Å². The first-order chi connectivity index (χ1) is 18.8. The van der Waals surface area contributed by atoms with Gasteiger partial charge in [0.15, 0.2) is 11.6 Å². The minimum Gasteiger partial charge on any atom is -0.494 e. The van der Waals surface area contributed by atoms with Crippen LogP contribution >= 0.6 is 0 Å². The van der Waals surface area contributed by atoms with Crippen LogP contribution < -0.4 is 16.0 Å². The van der Waals surface area contributed by atoms with Gasteiger partial charge in [-0.3, -0.25) is 9.48 Å². The lowest BCUT2D eigenvalue weighted by Gasteiger charge is -2.07. The number of carbonyl (C=O) groups is 1. The Morgan fingerprint density at radius 2 is 1.79 bits per heavy atom. The summed E-state index contributed by atoms with van der Waals surface area (Å²) in [6.45, 7) is 1.10. The molecule has 0 unspecified atom stereocenters. The summed E-state index contributed by atoms with van der Waals surface area (Å²) in [4.78, 5) is 23.0. The van der Waals surface area contributed by atoms with Gasteiger partial charge in [0.25, 0.3) is 5.56 Å². The van der Waals surface area contributed by atoms with E-state index in [0.29, 0.717) is 18.8 Å². The molecule has 0 bridgehead atoms. The average Bonchev–Trinajstić information content (AvgIpc) is 3.34. The molecule has 0 radical (unpaired) electrons. The van der Waals surface area contributed by atoms with Crippen molar-refractivity contribution in [3.05, 3.63) is 117 Å². The van der Waals surface area contributed by atoms with Crippen molar-refractivity contribution in [2.75, 3.05) is 14.2 Å². The van der Waals surface area contributed by atoms with Gasteiger partial charge in [-0.25, -0.2) is 9.18 Å². The number of halogens is 1. The van der Waals surface area contributed by atoms with Gasteiger partial charge in [-0.15, -0.1) is 0 Å². The molecular weight excluding hydrogens is 505 g/mol. The van der Waals surface area contributed by atoms with E-state index in [1.54, 1.807) is 21.5 Å². The fourth-order valence-electron chi connectivity index (χ4n) is 3.75. The number of hydrogen-bond acceptors (Lipinski definition) is 7.